The Kier molecular flexibility index (Phi) is 4.34. The Morgan fingerprint density at radius 3 is 2.58 bits per heavy atom. The lowest BCUT2D eigenvalue weighted by Gasteiger charge is -2.09. The fraction of sp³-hybridized carbons (Fsp3) is 0. The molecule has 0 saturated carbocycles. The quantitative estimate of drug-likeness (QED) is 0.770. The molecule has 0 saturated heterocycles. The summed E-state index contributed by atoms with van der Waals surface area (Å²) >= 11 is 15.1. The fourth-order valence-electron chi connectivity index (χ4n) is 1.52. The van der Waals surface area contributed by atoms with Crippen molar-refractivity contribution in [3.8, 4) is 0 Å². The standard InChI is InChI=1S/C13H9BrCl2N2O/c14-7-1-3-9(11(17)5-7)13(19)18-12-6-8(15)2-4-10(12)16/h1-6H,17H2,(H,18,19). The molecule has 6 heteroatoms. The average molecular weight is 360 g/mol. The summed E-state index contributed by atoms with van der Waals surface area (Å²) in [6, 6.07) is 9.88. The molecule has 1 amide bonds. The van der Waals surface area contributed by atoms with Gasteiger partial charge in [0.25, 0.3) is 5.91 Å². The van der Waals surface area contributed by atoms with Crippen molar-refractivity contribution in [2.45, 2.75) is 0 Å². The van der Waals surface area contributed by atoms with Crippen LogP contribution in [0.15, 0.2) is 40.9 Å². The summed E-state index contributed by atoms with van der Waals surface area (Å²) in [5.41, 5.74) is 6.99. The van der Waals surface area contributed by atoms with Crippen LogP contribution in [0.3, 0.4) is 0 Å². The van der Waals surface area contributed by atoms with Gasteiger partial charge >= 0.3 is 0 Å². The summed E-state index contributed by atoms with van der Waals surface area (Å²) in [6.07, 6.45) is 0. The summed E-state index contributed by atoms with van der Waals surface area (Å²) in [5.74, 6) is -0.339. The number of halogens is 3. The van der Waals surface area contributed by atoms with Gasteiger partial charge in [0.2, 0.25) is 0 Å². The third kappa shape index (κ3) is 3.41. The average Bonchev–Trinajstić information content (AvgIpc) is 2.33. The van der Waals surface area contributed by atoms with Crippen molar-refractivity contribution in [2.75, 3.05) is 11.1 Å². The minimum atomic E-state index is -0.339. The number of amides is 1. The smallest absolute Gasteiger partial charge is 0.257 e. The normalized spacial score (nSPS) is 10.3. The van der Waals surface area contributed by atoms with Crippen LogP contribution in [0.2, 0.25) is 10.0 Å². The highest BCUT2D eigenvalue weighted by molar-refractivity contribution is 9.10. The summed E-state index contributed by atoms with van der Waals surface area (Å²) in [5, 5.41) is 3.58. The molecule has 0 aromatic heterocycles. The molecule has 2 aromatic rings. The van der Waals surface area contributed by atoms with Gasteiger partial charge in [-0.1, -0.05) is 39.1 Å². The van der Waals surface area contributed by atoms with E-state index in [0.29, 0.717) is 27.0 Å². The highest BCUT2D eigenvalue weighted by Crippen LogP contribution is 2.27. The van der Waals surface area contributed by atoms with Crippen LogP contribution in [0.25, 0.3) is 0 Å². The van der Waals surface area contributed by atoms with E-state index < -0.39 is 0 Å². The van der Waals surface area contributed by atoms with Crippen molar-refractivity contribution in [1.29, 1.82) is 0 Å². The summed E-state index contributed by atoms with van der Waals surface area (Å²) in [7, 11) is 0. The molecule has 3 nitrogen and oxygen atoms in total. The predicted octanol–water partition coefficient (Wildman–Crippen LogP) is 4.59. The van der Waals surface area contributed by atoms with E-state index in [2.05, 4.69) is 21.2 Å². The van der Waals surface area contributed by atoms with Crippen LogP contribution < -0.4 is 11.1 Å². The maximum atomic E-state index is 12.1. The molecule has 0 aliphatic carbocycles. The van der Waals surface area contributed by atoms with E-state index in [-0.39, 0.29) is 5.91 Å². The van der Waals surface area contributed by atoms with Crippen molar-refractivity contribution < 1.29 is 4.79 Å². The topological polar surface area (TPSA) is 55.1 Å². The van der Waals surface area contributed by atoms with Crippen LogP contribution in [0.5, 0.6) is 0 Å². The Bertz CT molecular complexity index is 647. The molecule has 0 fully saturated rings. The van der Waals surface area contributed by atoms with Crippen LogP contribution in [0, 0.1) is 0 Å². The van der Waals surface area contributed by atoms with Crippen molar-refractivity contribution in [2.24, 2.45) is 0 Å². The van der Waals surface area contributed by atoms with E-state index in [9.17, 15) is 4.79 Å². The number of nitrogens with two attached hydrogens (primary N) is 1. The number of anilines is 2. The fourth-order valence-corrected chi connectivity index (χ4v) is 2.24. The Balaban J connectivity index is 2.28. The molecule has 0 atom stereocenters. The third-order valence-corrected chi connectivity index (χ3v) is 3.49. The van der Waals surface area contributed by atoms with Crippen LogP contribution >= 0.6 is 39.1 Å². The summed E-state index contributed by atoms with van der Waals surface area (Å²) < 4.78 is 0.808. The molecule has 0 radical (unpaired) electrons. The van der Waals surface area contributed by atoms with Crippen LogP contribution in [-0.4, -0.2) is 5.91 Å². The number of carbonyl (C=O) groups is 1. The van der Waals surface area contributed by atoms with Crippen LogP contribution in [0.1, 0.15) is 10.4 Å². The van der Waals surface area contributed by atoms with Crippen LogP contribution in [-0.2, 0) is 0 Å². The number of rotatable bonds is 2. The minimum Gasteiger partial charge on any atom is -0.398 e. The van der Waals surface area contributed by atoms with Gasteiger partial charge in [0.1, 0.15) is 0 Å². The van der Waals surface area contributed by atoms with E-state index >= 15 is 0 Å². The highest BCUT2D eigenvalue weighted by atomic mass is 79.9. The Morgan fingerprint density at radius 2 is 1.89 bits per heavy atom. The van der Waals surface area contributed by atoms with Gasteiger partial charge in [-0.2, -0.15) is 0 Å². The molecule has 0 aliphatic rings. The zero-order valence-electron chi connectivity index (χ0n) is 9.58. The molecule has 0 spiro atoms. The SMILES string of the molecule is Nc1cc(Br)ccc1C(=O)Nc1cc(Cl)ccc1Cl. The van der Waals surface area contributed by atoms with Crippen LogP contribution in [0.4, 0.5) is 11.4 Å². The Hall–Kier alpha value is -1.23. The number of hydrogen-bond acceptors (Lipinski definition) is 2. The second-order valence-electron chi connectivity index (χ2n) is 3.81. The van der Waals surface area contributed by atoms with Gasteiger partial charge in [-0.25, -0.2) is 0 Å². The predicted molar refractivity (Wildman–Crippen MR) is 83.0 cm³/mol. The maximum absolute atomic E-state index is 12.1. The van der Waals surface area contributed by atoms with Gasteiger partial charge < -0.3 is 11.1 Å². The molecule has 3 N–H and O–H groups in total. The van der Waals surface area contributed by atoms with E-state index in [1.54, 1.807) is 36.4 Å². The van der Waals surface area contributed by atoms with Gasteiger partial charge in [0.15, 0.2) is 0 Å². The number of benzene rings is 2. The molecule has 0 bridgehead atoms. The molecule has 0 heterocycles. The van der Waals surface area contributed by atoms with Crippen molar-refractivity contribution >= 4 is 56.4 Å². The highest BCUT2D eigenvalue weighted by Gasteiger charge is 2.12. The number of nitrogens with one attached hydrogen (secondary N) is 1. The molecule has 2 rings (SSSR count). The molecule has 0 aliphatic heterocycles. The first-order chi connectivity index (χ1) is 8.97. The monoisotopic (exact) mass is 358 g/mol. The van der Waals surface area contributed by atoms with Gasteiger partial charge in [0, 0.05) is 15.2 Å². The second kappa shape index (κ2) is 5.82. The first-order valence-corrected chi connectivity index (χ1v) is 6.83. The lowest BCUT2D eigenvalue weighted by molar-refractivity contribution is 0.102. The number of carbonyl (C=O) groups excluding carboxylic acids is 1. The number of hydrogen-bond donors (Lipinski definition) is 2. The lowest BCUT2D eigenvalue weighted by atomic mass is 10.1. The van der Waals surface area contributed by atoms with Gasteiger partial charge in [-0.3, -0.25) is 4.79 Å². The van der Waals surface area contributed by atoms with E-state index in [4.69, 9.17) is 28.9 Å². The van der Waals surface area contributed by atoms with E-state index in [1.807, 2.05) is 0 Å². The third-order valence-electron chi connectivity index (χ3n) is 2.43. The van der Waals surface area contributed by atoms with E-state index in [1.165, 1.54) is 0 Å². The second-order valence-corrected chi connectivity index (χ2v) is 5.57. The zero-order valence-corrected chi connectivity index (χ0v) is 12.7. The molecular weight excluding hydrogens is 351 g/mol. The van der Waals surface area contributed by atoms with E-state index in [0.717, 1.165) is 4.47 Å². The molecule has 98 valence electrons. The minimum absolute atomic E-state index is 0.339. The number of nitrogen functional groups attached to an aromatic ring is 1. The Labute approximate surface area is 128 Å². The summed E-state index contributed by atoms with van der Waals surface area (Å²) in [6.45, 7) is 0. The Morgan fingerprint density at radius 1 is 1.16 bits per heavy atom. The summed E-state index contributed by atoms with van der Waals surface area (Å²) in [4.78, 5) is 12.1. The first-order valence-electron chi connectivity index (χ1n) is 5.29. The zero-order chi connectivity index (χ0) is 14.0. The van der Waals surface area contributed by atoms with Gasteiger partial charge in [0.05, 0.1) is 16.3 Å². The molecule has 19 heavy (non-hydrogen) atoms. The molecular formula is C13H9BrCl2N2O. The van der Waals surface area contributed by atoms with Crippen molar-refractivity contribution in [3.05, 3.63) is 56.5 Å². The molecule has 0 unspecified atom stereocenters. The first kappa shape index (κ1) is 14.2. The van der Waals surface area contributed by atoms with Gasteiger partial charge in [-0.05, 0) is 36.4 Å². The maximum Gasteiger partial charge on any atom is 0.257 e. The van der Waals surface area contributed by atoms with Crippen molar-refractivity contribution in [1.82, 2.24) is 0 Å². The largest absolute Gasteiger partial charge is 0.398 e. The van der Waals surface area contributed by atoms with Gasteiger partial charge in [-0.15, -0.1) is 0 Å². The van der Waals surface area contributed by atoms with Crippen molar-refractivity contribution in [3.63, 3.8) is 0 Å². The molecule has 2 aromatic carbocycles. The lowest BCUT2D eigenvalue weighted by Crippen LogP contribution is -2.14.